The van der Waals surface area contributed by atoms with E-state index in [0.29, 0.717) is 5.92 Å². The second-order valence-corrected chi connectivity index (χ2v) is 7.96. The molecule has 0 saturated heterocycles. The van der Waals surface area contributed by atoms with Crippen molar-refractivity contribution in [3.8, 4) is 5.75 Å². The zero-order valence-electron chi connectivity index (χ0n) is 13.6. The van der Waals surface area contributed by atoms with E-state index in [9.17, 15) is 4.39 Å². The third-order valence-electron chi connectivity index (χ3n) is 5.66. The minimum absolute atomic E-state index is 0.140. The fourth-order valence-electron chi connectivity index (χ4n) is 4.48. The number of rotatable bonds is 4. The van der Waals surface area contributed by atoms with Crippen LogP contribution in [0, 0.1) is 24.1 Å². The molecule has 2 heteroatoms. The predicted octanol–water partition coefficient (Wildman–Crippen LogP) is 5.53. The standard InChI is InChI=1S/C20H25FO/c1-13-7-15-5-6-20(10-13,11-15)12-22-19-9-18(21)14(2)8-17(19)16-3-4-16/h5,8-9,13,16H,3-4,6-7,10-12H2,1-2H3. The zero-order chi connectivity index (χ0) is 15.3. The molecule has 1 aromatic carbocycles. The van der Waals surface area contributed by atoms with Crippen LogP contribution in [0.1, 0.15) is 62.5 Å². The van der Waals surface area contributed by atoms with Gasteiger partial charge < -0.3 is 4.74 Å². The van der Waals surface area contributed by atoms with Gasteiger partial charge in [0, 0.05) is 11.5 Å². The van der Waals surface area contributed by atoms with Gasteiger partial charge in [0.2, 0.25) is 0 Å². The van der Waals surface area contributed by atoms with E-state index in [-0.39, 0.29) is 11.2 Å². The Morgan fingerprint density at radius 3 is 2.91 bits per heavy atom. The number of halogens is 1. The summed E-state index contributed by atoms with van der Waals surface area (Å²) < 4.78 is 20.2. The molecule has 0 heterocycles. The van der Waals surface area contributed by atoms with Gasteiger partial charge in [0.15, 0.2) is 0 Å². The summed E-state index contributed by atoms with van der Waals surface area (Å²) in [5.41, 5.74) is 3.85. The summed E-state index contributed by atoms with van der Waals surface area (Å²) in [6.45, 7) is 4.92. The number of fused-ring (bicyclic) bond motifs is 2. The van der Waals surface area contributed by atoms with E-state index < -0.39 is 0 Å². The second-order valence-electron chi connectivity index (χ2n) is 7.96. The lowest BCUT2D eigenvalue weighted by Gasteiger charge is -2.36. The van der Waals surface area contributed by atoms with Gasteiger partial charge in [0.1, 0.15) is 11.6 Å². The molecule has 0 aliphatic heterocycles. The van der Waals surface area contributed by atoms with Crippen molar-refractivity contribution in [1.82, 2.24) is 0 Å². The van der Waals surface area contributed by atoms with Gasteiger partial charge in [-0.05, 0) is 74.5 Å². The first kappa shape index (κ1) is 14.3. The van der Waals surface area contributed by atoms with E-state index in [0.717, 1.165) is 30.3 Å². The molecular weight excluding hydrogens is 275 g/mol. The molecule has 0 aromatic heterocycles. The monoisotopic (exact) mass is 300 g/mol. The average Bonchev–Trinajstić information content (AvgIpc) is 3.26. The van der Waals surface area contributed by atoms with Crippen molar-refractivity contribution in [3.05, 3.63) is 40.7 Å². The van der Waals surface area contributed by atoms with Crippen molar-refractivity contribution in [2.45, 2.75) is 58.3 Å². The van der Waals surface area contributed by atoms with Crippen LogP contribution in [0.5, 0.6) is 5.75 Å². The Balaban J connectivity index is 1.53. The number of benzene rings is 1. The Bertz CT molecular complexity index is 629. The zero-order valence-corrected chi connectivity index (χ0v) is 13.6. The smallest absolute Gasteiger partial charge is 0.129 e. The number of hydrogen-bond acceptors (Lipinski definition) is 1. The highest BCUT2D eigenvalue weighted by Gasteiger charge is 2.41. The average molecular weight is 300 g/mol. The van der Waals surface area contributed by atoms with Crippen LogP contribution in [0.2, 0.25) is 0 Å². The molecule has 2 unspecified atom stereocenters. The van der Waals surface area contributed by atoms with E-state index in [1.165, 1.54) is 37.7 Å². The summed E-state index contributed by atoms with van der Waals surface area (Å²) >= 11 is 0. The topological polar surface area (TPSA) is 9.23 Å². The summed E-state index contributed by atoms with van der Waals surface area (Å²) in [6, 6.07) is 3.62. The first-order valence-corrected chi connectivity index (χ1v) is 8.65. The number of allylic oxidation sites excluding steroid dienone is 2. The summed E-state index contributed by atoms with van der Waals surface area (Å²) in [7, 11) is 0. The highest BCUT2D eigenvalue weighted by atomic mass is 19.1. The lowest BCUT2D eigenvalue weighted by Crippen LogP contribution is -2.31. The van der Waals surface area contributed by atoms with Crippen molar-refractivity contribution in [2.24, 2.45) is 11.3 Å². The summed E-state index contributed by atoms with van der Waals surface area (Å²) in [5, 5.41) is 0. The molecule has 2 atom stereocenters. The molecule has 2 saturated carbocycles. The van der Waals surface area contributed by atoms with Crippen molar-refractivity contribution >= 4 is 0 Å². The van der Waals surface area contributed by atoms with Gasteiger partial charge in [-0.25, -0.2) is 4.39 Å². The van der Waals surface area contributed by atoms with Crippen molar-refractivity contribution in [1.29, 1.82) is 0 Å². The minimum Gasteiger partial charge on any atom is -0.493 e. The van der Waals surface area contributed by atoms with Crippen LogP contribution in [0.3, 0.4) is 0 Å². The molecule has 0 amide bonds. The molecule has 3 aliphatic carbocycles. The molecule has 4 rings (SSSR count). The van der Waals surface area contributed by atoms with Gasteiger partial charge in [-0.3, -0.25) is 0 Å². The summed E-state index contributed by atoms with van der Waals surface area (Å²) in [5.74, 6) is 2.00. The van der Waals surface area contributed by atoms with Gasteiger partial charge in [0.05, 0.1) is 6.61 Å². The van der Waals surface area contributed by atoms with Crippen LogP contribution >= 0.6 is 0 Å². The molecular formula is C20H25FO. The first-order chi connectivity index (χ1) is 10.5. The van der Waals surface area contributed by atoms with Crippen molar-refractivity contribution < 1.29 is 9.13 Å². The van der Waals surface area contributed by atoms with E-state index in [4.69, 9.17) is 4.74 Å². The normalized spacial score (nSPS) is 30.3. The minimum atomic E-state index is -0.140. The molecule has 0 radical (unpaired) electrons. The third-order valence-corrected chi connectivity index (χ3v) is 5.66. The Kier molecular flexibility index (Phi) is 3.32. The van der Waals surface area contributed by atoms with Crippen LogP contribution < -0.4 is 4.74 Å². The third kappa shape index (κ3) is 2.57. The van der Waals surface area contributed by atoms with Crippen LogP contribution in [0.4, 0.5) is 4.39 Å². The predicted molar refractivity (Wildman–Crippen MR) is 86.8 cm³/mol. The number of aryl methyl sites for hydroxylation is 1. The fraction of sp³-hybridized carbons (Fsp3) is 0.600. The van der Waals surface area contributed by atoms with Crippen LogP contribution in [-0.2, 0) is 0 Å². The Hall–Kier alpha value is -1.31. The van der Waals surface area contributed by atoms with Crippen LogP contribution in [0.25, 0.3) is 0 Å². The maximum Gasteiger partial charge on any atom is 0.129 e. The van der Waals surface area contributed by atoms with E-state index >= 15 is 0 Å². The summed E-state index contributed by atoms with van der Waals surface area (Å²) in [4.78, 5) is 0. The van der Waals surface area contributed by atoms with E-state index in [2.05, 4.69) is 13.0 Å². The Morgan fingerprint density at radius 1 is 1.32 bits per heavy atom. The molecule has 3 aliphatic rings. The van der Waals surface area contributed by atoms with Gasteiger partial charge in [-0.1, -0.05) is 18.6 Å². The molecule has 2 fully saturated rings. The molecule has 22 heavy (non-hydrogen) atoms. The second kappa shape index (κ2) is 5.11. The molecule has 1 aromatic rings. The van der Waals surface area contributed by atoms with E-state index in [1.807, 2.05) is 13.0 Å². The molecule has 2 bridgehead atoms. The lowest BCUT2D eigenvalue weighted by atomic mass is 9.72. The van der Waals surface area contributed by atoms with Gasteiger partial charge in [0.25, 0.3) is 0 Å². The van der Waals surface area contributed by atoms with Gasteiger partial charge >= 0.3 is 0 Å². The van der Waals surface area contributed by atoms with Crippen molar-refractivity contribution in [2.75, 3.05) is 6.61 Å². The van der Waals surface area contributed by atoms with Gasteiger partial charge in [-0.2, -0.15) is 0 Å². The molecule has 1 nitrogen and oxygen atoms in total. The van der Waals surface area contributed by atoms with Crippen LogP contribution in [-0.4, -0.2) is 6.61 Å². The van der Waals surface area contributed by atoms with Crippen LogP contribution in [0.15, 0.2) is 23.8 Å². The van der Waals surface area contributed by atoms with Crippen molar-refractivity contribution in [3.63, 3.8) is 0 Å². The SMILES string of the molecule is Cc1cc(C2CC2)c(OCC23CC=C(CC(C)C2)C3)cc1F. The maximum absolute atomic E-state index is 14.0. The quantitative estimate of drug-likeness (QED) is 0.665. The Labute approximate surface area is 132 Å². The maximum atomic E-state index is 14.0. The number of hydrogen-bond donors (Lipinski definition) is 0. The highest BCUT2D eigenvalue weighted by Crippen LogP contribution is 2.51. The molecule has 0 N–H and O–H groups in total. The molecule has 0 spiro atoms. The van der Waals surface area contributed by atoms with E-state index in [1.54, 1.807) is 11.6 Å². The van der Waals surface area contributed by atoms with Gasteiger partial charge in [-0.15, -0.1) is 0 Å². The lowest BCUT2D eigenvalue weighted by molar-refractivity contribution is 0.110. The summed E-state index contributed by atoms with van der Waals surface area (Å²) in [6.07, 6.45) is 9.67. The first-order valence-electron chi connectivity index (χ1n) is 8.65. The highest BCUT2D eigenvalue weighted by molar-refractivity contribution is 5.42. The largest absolute Gasteiger partial charge is 0.493 e. The number of ether oxygens (including phenoxy) is 1. The Morgan fingerprint density at radius 2 is 2.14 bits per heavy atom. The molecule has 118 valence electrons. The fourth-order valence-corrected chi connectivity index (χ4v) is 4.48.